The van der Waals surface area contributed by atoms with Gasteiger partial charge in [-0.05, 0) is 38.8 Å². The summed E-state index contributed by atoms with van der Waals surface area (Å²) < 4.78 is 0. The Morgan fingerprint density at radius 3 is 1.82 bits per heavy atom. The average molecular weight is 626 g/mol. The molecule has 0 saturated carbocycles. The summed E-state index contributed by atoms with van der Waals surface area (Å²) in [5.41, 5.74) is 9.17. The molecule has 6 rings (SSSR count). The van der Waals surface area contributed by atoms with Crippen molar-refractivity contribution in [2.45, 2.75) is 27.7 Å². The number of hydrogen-bond acceptors (Lipinski definition) is 0. The largest absolute Gasteiger partial charge is 3.00 e. The molecule has 0 saturated heterocycles. The summed E-state index contributed by atoms with van der Waals surface area (Å²) in [5.74, 6) is 0.336. The van der Waals surface area contributed by atoms with E-state index in [1.54, 1.807) is 0 Å². The summed E-state index contributed by atoms with van der Waals surface area (Å²) in [7, 11) is 0. The number of fused-ring (bicyclic) bond motifs is 2. The van der Waals surface area contributed by atoms with Gasteiger partial charge < -0.3 is 24.8 Å². The van der Waals surface area contributed by atoms with Crippen molar-refractivity contribution in [2.24, 2.45) is 11.3 Å². The van der Waals surface area contributed by atoms with E-state index in [4.69, 9.17) is 0 Å². The van der Waals surface area contributed by atoms with Crippen LogP contribution in [0.4, 0.5) is 0 Å². The average Bonchev–Trinajstić information content (AvgIpc) is 3.46. The van der Waals surface area contributed by atoms with E-state index in [0.29, 0.717) is 5.92 Å². The molecule has 0 aliphatic heterocycles. The van der Waals surface area contributed by atoms with Crippen molar-refractivity contribution < 1.29 is 51.0 Å². The third-order valence-electron chi connectivity index (χ3n) is 7.46. The number of allylic oxidation sites excluding steroid dienone is 4. The van der Waals surface area contributed by atoms with Crippen LogP contribution < -0.4 is 35.3 Å². The van der Waals surface area contributed by atoms with Crippen molar-refractivity contribution in [1.82, 2.24) is 0 Å². The van der Waals surface area contributed by atoms with Gasteiger partial charge in [0.2, 0.25) is 0 Å². The molecule has 0 heterocycles. The molecule has 4 aromatic rings. The quantitative estimate of drug-likeness (QED) is 0.265. The Bertz CT molecular complexity index is 1720. The van der Waals surface area contributed by atoms with Gasteiger partial charge in [0.25, 0.3) is 0 Å². The monoisotopic (exact) mass is 623 g/mol. The molecule has 3 heteroatoms. The van der Waals surface area contributed by atoms with Crippen LogP contribution in [-0.2, 0) is 26.2 Å². The Hall–Kier alpha value is -2.44. The molecule has 4 aromatic carbocycles. The predicted octanol–water partition coefficient (Wildman–Crippen LogP) is 1.25. The first kappa shape index (κ1) is 31.1. The van der Waals surface area contributed by atoms with Crippen LogP contribution in [0.3, 0.4) is 0 Å². The van der Waals surface area contributed by atoms with Crippen molar-refractivity contribution in [1.29, 1.82) is 0 Å². The summed E-state index contributed by atoms with van der Waals surface area (Å²) >= 11 is 0. The van der Waals surface area contributed by atoms with Gasteiger partial charge in [-0.1, -0.05) is 142 Å². The Kier molecular flexibility index (Phi) is 9.88. The minimum absolute atomic E-state index is 0. The van der Waals surface area contributed by atoms with E-state index in [1.165, 1.54) is 59.8 Å². The van der Waals surface area contributed by atoms with E-state index in [1.807, 2.05) is 0 Å². The molecule has 1 radical (unpaired) electrons. The molecule has 0 N–H and O–H groups in total. The molecule has 0 fully saturated rings. The molecule has 39 heavy (non-hydrogen) atoms. The van der Waals surface area contributed by atoms with Crippen LogP contribution in [-0.4, -0.2) is 0 Å². The minimum Gasteiger partial charge on any atom is -1.00 e. The zero-order valence-corrected chi connectivity index (χ0v) is 26.7. The second-order valence-corrected chi connectivity index (χ2v) is 10.9. The van der Waals surface area contributed by atoms with E-state index in [-0.39, 0.29) is 56.4 Å². The molecular weight excluding hydrogens is 595 g/mol. The van der Waals surface area contributed by atoms with Gasteiger partial charge in [0.05, 0.1) is 0 Å². The Balaban J connectivity index is 0.00000140. The summed E-state index contributed by atoms with van der Waals surface area (Å²) in [6.07, 6.45) is 8.71. The second kappa shape index (κ2) is 12.4. The Labute approximate surface area is 263 Å². The van der Waals surface area contributed by atoms with E-state index in [2.05, 4.69) is 143 Å². The zero-order valence-electron chi connectivity index (χ0n) is 22.7. The number of hydrogen-bond donors (Lipinski definition) is 0. The van der Waals surface area contributed by atoms with Crippen LogP contribution in [0.1, 0.15) is 49.9 Å². The van der Waals surface area contributed by atoms with Crippen LogP contribution in [0.15, 0.2) is 115 Å². The summed E-state index contributed by atoms with van der Waals surface area (Å²) in [5, 5.41) is 5.01. The number of benzene rings is 4. The summed E-state index contributed by atoms with van der Waals surface area (Å²) in [6, 6.07) is 34.9. The van der Waals surface area contributed by atoms with Gasteiger partial charge in [-0.25, -0.2) is 0 Å². The first-order valence-electron chi connectivity index (χ1n) is 12.9. The SMILES string of the molecule is CC1C=C(C(C)(C)C)C=C1c1c2c(ccc1=C(c1ccccc1)c1ccccc1)=c1ccccc1=[C-]2.[Cl-].[Cl-].[Zr+3]. The Morgan fingerprint density at radius 2 is 1.26 bits per heavy atom. The van der Waals surface area contributed by atoms with E-state index < -0.39 is 0 Å². The maximum atomic E-state index is 3.82. The maximum absolute atomic E-state index is 3.82. The fourth-order valence-electron chi connectivity index (χ4n) is 5.59. The van der Waals surface area contributed by atoms with E-state index in [0.717, 1.165) is 0 Å². The third-order valence-corrected chi connectivity index (χ3v) is 7.46. The molecule has 193 valence electrons. The molecule has 0 aromatic heterocycles. The van der Waals surface area contributed by atoms with Gasteiger partial charge in [-0.3, -0.25) is 0 Å². The second-order valence-electron chi connectivity index (χ2n) is 10.9. The zero-order chi connectivity index (χ0) is 24.9. The number of halogens is 2. The molecule has 0 bridgehead atoms. The fourth-order valence-corrected chi connectivity index (χ4v) is 5.59. The first-order valence-corrected chi connectivity index (χ1v) is 12.9. The first-order chi connectivity index (χ1) is 17.4. The van der Waals surface area contributed by atoms with Gasteiger partial charge in [-0.2, -0.15) is 0 Å². The molecular formula is C36H31Cl2Zr. The number of rotatable bonds is 3. The van der Waals surface area contributed by atoms with Crippen molar-refractivity contribution in [2.75, 3.05) is 0 Å². The van der Waals surface area contributed by atoms with Gasteiger partial charge in [0, 0.05) is 0 Å². The molecule has 0 spiro atoms. The normalized spacial score (nSPS) is 14.8. The van der Waals surface area contributed by atoms with E-state index >= 15 is 0 Å². The van der Waals surface area contributed by atoms with Crippen LogP contribution in [0.2, 0.25) is 0 Å². The molecule has 2 aliphatic rings. The van der Waals surface area contributed by atoms with Crippen molar-refractivity contribution in [3.05, 3.63) is 158 Å². The molecule has 1 unspecified atom stereocenters. The molecule has 0 nitrogen and oxygen atoms in total. The summed E-state index contributed by atoms with van der Waals surface area (Å²) in [6.45, 7) is 9.25. The van der Waals surface area contributed by atoms with Crippen LogP contribution in [0, 0.1) is 21.8 Å². The van der Waals surface area contributed by atoms with Crippen molar-refractivity contribution in [3.63, 3.8) is 0 Å². The molecule has 1 atom stereocenters. The van der Waals surface area contributed by atoms with Gasteiger partial charge in [0.15, 0.2) is 0 Å². The maximum Gasteiger partial charge on any atom is 3.00 e. The van der Waals surface area contributed by atoms with E-state index in [9.17, 15) is 0 Å². The van der Waals surface area contributed by atoms with Gasteiger partial charge in [0.1, 0.15) is 0 Å². The van der Waals surface area contributed by atoms with Crippen LogP contribution >= 0.6 is 0 Å². The third kappa shape index (κ3) is 5.74. The molecule has 2 aliphatic carbocycles. The van der Waals surface area contributed by atoms with Crippen LogP contribution in [0.25, 0.3) is 17.2 Å². The van der Waals surface area contributed by atoms with Crippen LogP contribution in [0.5, 0.6) is 0 Å². The minimum atomic E-state index is 0. The standard InChI is InChI=1S/C36H31.2ClH.Zr/c1-24-21-28(36(2,3)4)23-32(24)35-31(20-19-30-29-18-12-11-17-27(29)22-33(30)35)34(25-13-7-5-8-14-25)26-15-9-6-10-16-26;;;/h5-21,23-24H,1-4H3;2*1H;/q-1;;;+3/p-2. The van der Waals surface area contributed by atoms with Gasteiger partial charge >= 0.3 is 26.2 Å². The predicted molar refractivity (Wildman–Crippen MR) is 151 cm³/mol. The fraction of sp³-hybridized carbons (Fsp3) is 0.167. The Morgan fingerprint density at radius 1 is 0.692 bits per heavy atom. The topological polar surface area (TPSA) is 0 Å². The van der Waals surface area contributed by atoms with Crippen molar-refractivity contribution in [3.8, 4) is 0 Å². The smallest absolute Gasteiger partial charge is 1.00 e. The summed E-state index contributed by atoms with van der Waals surface area (Å²) in [4.78, 5) is 0. The van der Waals surface area contributed by atoms with Crippen molar-refractivity contribution >= 4 is 17.2 Å². The molecule has 0 amide bonds. The van der Waals surface area contributed by atoms with Gasteiger partial charge in [-0.15, -0.1) is 33.4 Å².